The molecule has 9 heteroatoms. The molecule has 1 unspecified atom stereocenters. The van der Waals surface area contributed by atoms with Crippen LogP contribution in [0, 0.1) is 0 Å². The molecule has 29 heavy (non-hydrogen) atoms. The van der Waals surface area contributed by atoms with Gasteiger partial charge in [-0.2, -0.15) is 0 Å². The Bertz CT molecular complexity index is 754. The molecule has 0 bridgehead atoms. The smallest absolute Gasteiger partial charge is 0.408 e. The minimum Gasteiger partial charge on any atom is -0.464 e. The minimum atomic E-state index is -1.35. The number of methoxy groups -OCH3 is 1. The Morgan fingerprint density at radius 1 is 1.10 bits per heavy atom. The van der Waals surface area contributed by atoms with Gasteiger partial charge in [0.05, 0.1) is 13.5 Å². The van der Waals surface area contributed by atoms with Crippen LogP contribution in [-0.4, -0.2) is 42.7 Å². The van der Waals surface area contributed by atoms with Crippen molar-refractivity contribution in [2.75, 3.05) is 7.11 Å². The predicted octanol–water partition coefficient (Wildman–Crippen LogP) is 1.82. The normalized spacial score (nSPS) is 11.6. The molecule has 0 heterocycles. The second kappa shape index (κ2) is 10.8. The van der Waals surface area contributed by atoms with Crippen molar-refractivity contribution >= 4 is 23.9 Å². The number of esters is 2. The van der Waals surface area contributed by atoms with E-state index in [0.717, 1.165) is 12.7 Å². The standard InChI is InChI=1S/C20H26N2O7/c1-13(18(25)27-5)21-17(24)15(22-19(26)29-20(2,3)4)11-16(23)28-12-14-9-7-6-8-10-14/h6-10,15H,1,11-12H2,2-5H3,(H,21,24)(H,22,26). The molecule has 0 radical (unpaired) electrons. The topological polar surface area (TPSA) is 120 Å². The van der Waals surface area contributed by atoms with Gasteiger partial charge in [-0.15, -0.1) is 0 Å². The summed E-state index contributed by atoms with van der Waals surface area (Å²) in [6, 6.07) is 7.61. The maximum Gasteiger partial charge on any atom is 0.408 e. The number of nitrogens with one attached hydrogen (secondary N) is 2. The Morgan fingerprint density at radius 2 is 1.72 bits per heavy atom. The van der Waals surface area contributed by atoms with E-state index >= 15 is 0 Å². The van der Waals surface area contributed by atoms with E-state index in [1.54, 1.807) is 45.0 Å². The predicted molar refractivity (Wildman–Crippen MR) is 103 cm³/mol. The van der Waals surface area contributed by atoms with Crippen LogP contribution >= 0.6 is 0 Å². The third-order valence-electron chi connectivity index (χ3n) is 3.33. The number of hydrogen-bond acceptors (Lipinski definition) is 7. The molecular weight excluding hydrogens is 380 g/mol. The summed E-state index contributed by atoms with van der Waals surface area (Å²) in [5.74, 6) is -2.43. The van der Waals surface area contributed by atoms with E-state index in [1.165, 1.54) is 0 Å². The van der Waals surface area contributed by atoms with Crippen LogP contribution in [0.25, 0.3) is 0 Å². The third kappa shape index (κ3) is 9.41. The van der Waals surface area contributed by atoms with Crippen LogP contribution in [0.5, 0.6) is 0 Å². The quantitative estimate of drug-likeness (QED) is 0.384. The van der Waals surface area contributed by atoms with Crippen LogP contribution in [0.2, 0.25) is 0 Å². The average Bonchev–Trinajstić information content (AvgIpc) is 2.64. The molecule has 0 saturated heterocycles. The van der Waals surface area contributed by atoms with E-state index in [0.29, 0.717) is 0 Å². The molecule has 9 nitrogen and oxygen atoms in total. The SMILES string of the molecule is C=C(NC(=O)C(CC(=O)OCc1ccccc1)NC(=O)OC(C)(C)C)C(=O)OC. The lowest BCUT2D eigenvalue weighted by atomic mass is 10.2. The Balaban J connectivity index is 2.78. The highest BCUT2D eigenvalue weighted by atomic mass is 16.6. The first-order valence-corrected chi connectivity index (χ1v) is 8.79. The summed E-state index contributed by atoms with van der Waals surface area (Å²) in [5, 5.41) is 4.49. The van der Waals surface area contributed by atoms with Crippen molar-refractivity contribution in [1.82, 2.24) is 10.6 Å². The number of carbonyl (C=O) groups excluding carboxylic acids is 4. The molecule has 0 aliphatic rings. The van der Waals surface area contributed by atoms with E-state index in [9.17, 15) is 19.2 Å². The summed E-state index contributed by atoms with van der Waals surface area (Å²) >= 11 is 0. The lowest BCUT2D eigenvalue weighted by Gasteiger charge is -2.23. The molecule has 1 aromatic carbocycles. The molecule has 0 saturated carbocycles. The van der Waals surface area contributed by atoms with Gasteiger partial charge in [0.25, 0.3) is 0 Å². The number of hydrogen-bond donors (Lipinski definition) is 2. The monoisotopic (exact) mass is 406 g/mol. The van der Waals surface area contributed by atoms with Crippen LogP contribution in [0.3, 0.4) is 0 Å². The maximum atomic E-state index is 12.4. The molecule has 1 atom stereocenters. The van der Waals surface area contributed by atoms with Gasteiger partial charge in [-0.3, -0.25) is 9.59 Å². The molecule has 0 aliphatic heterocycles. The summed E-state index contributed by atoms with van der Waals surface area (Å²) in [6.07, 6.45) is -1.39. The van der Waals surface area contributed by atoms with Gasteiger partial charge in [-0.1, -0.05) is 36.9 Å². The molecule has 0 fully saturated rings. The van der Waals surface area contributed by atoms with E-state index in [2.05, 4.69) is 21.9 Å². The number of alkyl carbamates (subject to hydrolysis) is 1. The lowest BCUT2D eigenvalue weighted by Crippen LogP contribution is -2.49. The first kappa shape index (κ1) is 23.7. The zero-order chi connectivity index (χ0) is 22.0. The lowest BCUT2D eigenvalue weighted by molar-refractivity contribution is -0.147. The number of carbonyl (C=O) groups is 4. The van der Waals surface area contributed by atoms with E-state index in [-0.39, 0.29) is 12.3 Å². The van der Waals surface area contributed by atoms with Crippen LogP contribution in [-0.2, 0) is 35.2 Å². The van der Waals surface area contributed by atoms with Gasteiger partial charge in [0.1, 0.15) is 23.9 Å². The molecule has 2 N–H and O–H groups in total. The Kier molecular flexibility index (Phi) is 8.85. The van der Waals surface area contributed by atoms with Crippen molar-refractivity contribution in [1.29, 1.82) is 0 Å². The van der Waals surface area contributed by atoms with Gasteiger partial charge in [0.2, 0.25) is 5.91 Å². The number of benzene rings is 1. The highest BCUT2D eigenvalue weighted by Crippen LogP contribution is 2.08. The summed E-state index contributed by atoms with van der Waals surface area (Å²) in [6.45, 7) is 8.33. The van der Waals surface area contributed by atoms with Gasteiger partial charge in [-0.05, 0) is 26.3 Å². The van der Waals surface area contributed by atoms with Gasteiger partial charge in [0.15, 0.2) is 0 Å². The number of amides is 2. The molecule has 0 spiro atoms. The Labute approximate surface area is 169 Å². The Hall–Kier alpha value is -3.36. The van der Waals surface area contributed by atoms with Gasteiger partial charge < -0.3 is 24.8 Å². The Morgan fingerprint density at radius 3 is 2.28 bits per heavy atom. The summed E-state index contributed by atoms with van der Waals surface area (Å²) in [4.78, 5) is 48.0. The highest BCUT2D eigenvalue weighted by molar-refractivity contribution is 5.97. The zero-order valence-electron chi connectivity index (χ0n) is 16.9. The van der Waals surface area contributed by atoms with Crippen molar-refractivity contribution in [2.45, 2.75) is 45.4 Å². The fraction of sp³-hybridized carbons (Fsp3) is 0.400. The molecule has 1 rings (SSSR count). The summed E-state index contributed by atoms with van der Waals surface area (Å²) in [7, 11) is 1.12. The van der Waals surface area contributed by atoms with Crippen LogP contribution < -0.4 is 10.6 Å². The average molecular weight is 406 g/mol. The van der Waals surface area contributed by atoms with Crippen molar-refractivity contribution < 1.29 is 33.4 Å². The summed E-state index contributed by atoms with van der Waals surface area (Å²) in [5.41, 5.74) is -0.388. The molecular formula is C20H26N2O7. The fourth-order valence-corrected chi connectivity index (χ4v) is 2.03. The van der Waals surface area contributed by atoms with E-state index < -0.39 is 42.0 Å². The van der Waals surface area contributed by atoms with Crippen LogP contribution in [0.4, 0.5) is 4.79 Å². The van der Waals surface area contributed by atoms with Crippen molar-refractivity contribution in [3.8, 4) is 0 Å². The second-order valence-electron chi connectivity index (χ2n) is 7.01. The molecule has 0 aliphatic carbocycles. The third-order valence-corrected chi connectivity index (χ3v) is 3.33. The van der Waals surface area contributed by atoms with Gasteiger partial charge in [-0.25, -0.2) is 9.59 Å². The second-order valence-corrected chi connectivity index (χ2v) is 7.01. The molecule has 158 valence electrons. The van der Waals surface area contributed by atoms with Crippen molar-refractivity contribution in [3.63, 3.8) is 0 Å². The van der Waals surface area contributed by atoms with Gasteiger partial charge in [0, 0.05) is 0 Å². The summed E-state index contributed by atoms with van der Waals surface area (Å²) < 4.78 is 14.7. The zero-order valence-corrected chi connectivity index (χ0v) is 16.9. The number of ether oxygens (including phenoxy) is 3. The maximum absolute atomic E-state index is 12.4. The molecule has 1 aromatic rings. The number of rotatable bonds is 8. The molecule has 0 aromatic heterocycles. The minimum absolute atomic E-state index is 0.00924. The van der Waals surface area contributed by atoms with E-state index in [1.807, 2.05) is 6.07 Å². The fourth-order valence-electron chi connectivity index (χ4n) is 2.03. The largest absolute Gasteiger partial charge is 0.464 e. The van der Waals surface area contributed by atoms with Gasteiger partial charge >= 0.3 is 18.0 Å². The first-order chi connectivity index (χ1) is 13.5. The highest BCUT2D eigenvalue weighted by Gasteiger charge is 2.28. The molecule has 2 amide bonds. The van der Waals surface area contributed by atoms with E-state index in [4.69, 9.17) is 9.47 Å². The van der Waals surface area contributed by atoms with Crippen LogP contribution in [0.1, 0.15) is 32.8 Å². The van der Waals surface area contributed by atoms with Crippen molar-refractivity contribution in [2.24, 2.45) is 0 Å². The first-order valence-electron chi connectivity index (χ1n) is 8.79. The van der Waals surface area contributed by atoms with Crippen molar-refractivity contribution in [3.05, 3.63) is 48.2 Å². The van der Waals surface area contributed by atoms with Crippen LogP contribution in [0.15, 0.2) is 42.6 Å².